The fourth-order valence-electron chi connectivity index (χ4n) is 3.27. The summed E-state index contributed by atoms with van der Waals surface area (Å²) < 4.78 is 10.6. The van der Waals surface area contributed by atoms with Gasteiger partial charge in [0.25, 0.3) is 5.91 Å². The molecule has 2 aliphatic heterocycles. The molecular weight excluding hydrogens is 268 g/mol. The zero-order chi connectivity index (χ0) is 14.8. The number of rotatable bonds is 3. The van der Waals surface area contributed by atoms with Crippen LogP contribution < -0.4 is 14.8 Å². The van der Waals surface area contributed by atoms with E-state index in [2.05, 4.69) is 5.32 Å². The summed E-state index contributed by atoms with van der Waals surface area (Å²) in [4.78, 5) is 14.8. The first-order valence-corrected chi connectivity index (χ1v) is 7.51. The van der Waals surface area contributed by atoms with Gasteiger partial charge < -0.3 is 19.7 Å². The molecule has 0 bridgehead atoms. The highest BCUT2D eigenvalue weighted by atomic mass is 16.5. The van der Waals surface area contributed by atoms with Crippen molar-refractivity contribution in [2.24, 2.45) is 0 Å². The summed E-state index contributed by atoms with van der Waals surface area (Å²) in [6.07, 6.45) is 3.09. The van der Waals surface area contributed by atoms with Crippen LogP contribution >= 0.6 is 0 Å². The van der Waals surface area contributed by atoms with Crippen LogP contribution in [0.3, 0.4) is 0 Å². The van der Waals surface area contributed by atoms with Gasteiger partial charge in [0.2, 0.25) is 0 Å². The number of amides is 1. The predicted molar refractivity (Wildman–Crippen MR) is 80.2 cm³/mol. The van der Waals surface area contributed by atoms with Crippen LogP contribution in [-0.4, -0.2) is 50.7 Å². The smallest absolute Gasteiger partial charge is 0.254 e. The molecule has 1 aromatic rings. The minimum absolute atomic E-state index is 0.117. The monoisotopic (exact) mass is 290 g/mol. The van der Waals surface area contributed by atoms with Crippen LogP contribution in [0.15, 0.2) is 12.1 Å². The second kappa shape index (κ2) is 5.93. The standard InChI is InChI=1S/C16H22N2O3/c1-20-14-8-11-5-7-18(12-4-3-6-17-10-12)16(19)13(11)9-15(14)21-2/h8-9,12,17H,3-7,10H2,1-2H3. The maximum Gasteiger partial charge on any atom is 0.254 e. The first-order valence-electron chi connectivity index (χ1n) is 7.51. The number of ether oxygens (including phenoxy) is 2. The van der Waals surface area contributed by atoms with Crippen LogP contribution in [0.5, 0.6) is 11.5 Å². The van der Waals surface area contributed by atoms with Gasteiger partial charge in [-0.2, -0.15) is 0 Å². The van der Waals surface area contributed by atoms with Gasteiger partial charge in [-0.3, -0.25) is 4.79 Å². The van der Waals surface area contributed by atoms with E-state index >= 15 is 0 Å². The van der Waals surface area contributed by atoms with Crippen molar-refractivity contribution in [2.75, 3.05) is 33.9 Å². The van der Waals surface area contributed by atoms with Crippen LogP contribution in [0, 0.1) is 0 Å². The number of carbonyl (C=O) groups is 1. The number of hydrogen-bond acceptors (Lipinski definition) is 4. The summed E-state index contributed by atoms with van der Waals surface area (Å²) in [5, 5.41) is 3.38. The van der Waals surface area contributed by atoms with Crippen molar-refractivity contribution in [2.45, 2.75) is 25.3 Å². The maximum absolute atomic E-state index is 12.8. The third-order valence-corrected chi connectivity index (χ3v) is 4.43. The van der Waals surface area contributed by atoms with Gasteiger partial charge in [-0.05, 0) is 43.5 Å². The molecule has 1 fully saturated rings. The molecule has 0 saturated carbocycles. The molecule has 0 spiro atoms. The molecule has 3 rings (SSSR count). The highest BCUT2D eigenvalue weighted by molar-refractivity contribution is 5.97. The first-order chi connectivity index (χ1) is 10.2. The molecular formula is C16H22N2O3. The van der Waals surface area contributed by atoms with Gasteiger partial charge in [0.05, 0.1) is 14.2 Å². The number of methoxy groups -OCH3 is 2. The fourth-order valence-corrected chi connectivity index (χ4v) is 3.27. The Bertz CT molecular complexity index is 539. The number of benzene rings is 1. The van der Waals surface area contributed by atoms with Crippen molar-refractivity contribution in [3.05, 3.63) is 23.3 Å². The second-order valence-corrected chi connectivity index (χ2v) is 5.61. The number of hydrogen-bond donors (Lipinski definition) is 1. The third kappa shape index (κ3) is 2.58. The Balaban J connectivity index is 1.90. The highest BCUT2D eigenvalue weighted by Crippen LogP contribution is 2.34. The topological polar surface area (TPSA) is 50.8 Å². The number of piperidine rings is 1. The van der Waals surface area contributed by atoms with Gasteiger partial charge in [0, 0.05) is 24.7 Å². The Morgan fingerprint density at radius 3 is 2.67 bits per heavy atom. The van der Waals surface area contributed by atoms with E-state index < -0.39 is 0 Å². The molecule has 5 heteroatoms. The summed E-state index contributed by atoms with van der Waals surface area (Å²) in [6, 6.07) is 4.06. The second-order valence-electron chi connectivity index (χ2n) is 5.61. The van der Waals surface area contributed by atoms with Gasteiger partial charge in [0.1, 0.15) is 0 Å². The van der Waals surface area contributed by atoms with Crippen molar-refractivity contribution < 1.29 is 14.3 Å². The summed E-state index contributed by atoms with van der Waals surface area (Å²) in [7, 11) is 3.22. The van der Waals surface area contributed by atoms with Gasteiger partial charge in [-0.25, -0.2) is 0 Å². The minimum Gasteiger partial charge on any atom is -0.493 e. The molecule has 1 atom stereocenters. The van der Waals surface area contributed by atoms with Gasteiger partial charge in [-0.15, -0.1) is 0 Å². The number of fused-ring (bicyclic) bond motifs is 1. The normalized spacial score (nSPS) is 21.9. The van der Waals surface area contributed by atoms with Crippen LogP contribution in [0.1, 0.15) is 28.8 Å². The molecule has 1 aromatic carbocycles. The Labute approximate surface area is 125 Å². The Kier molecular flexibility index (Phi) is 4.01. The molecule has 1 N–H and O–H groups in total. The molecule has 1 unspecified atom stereocenters. The average molecular weight is 290 g/mol. The fraction of sp³-hybridized carbons (Fsp3) is 0.562. The molecule has 21 heavy (non-hydrogen) atoms. The summed E-state index contributed by atoms with van der Waals surface area (Å²) in [6.45, 7) is 2.74. The van der Waals surface area contributed by atoms with E-state index in [4.69, 9.17) is 9.47 Å². The Morgan fingerprint density at radius 2 is 2.00 bits per heavy atom. The van der Waals surface area contributed by atoms with Crippen molar-refractivity contribution in [3.8, 4) is 11.5 Å². The SMILES string of the molecule is COc1cc2c(cc1OC)C(=O)N(C1CCCNC1)CC2. The van der Waals surface area contributed by atoms with Crippen LogP contribution in [0.2, 0.25) is 0 Å². The summed E-state index contributed by atoms with van der Waals surface area (Å²) >= 11 is 0. The summed E-state index contributed by atoms with van der Waals surface area (Å²) in [5.41, 5.74) is 1.81. The van der Waals surface area contributed by atoms with E-state index in [1.54, 1.807) is 14.2 Å². The lowest BCUT2D eigenvalue weighted by atomic mass is 9.95. The molecule has 5 nitrogen and oxygen atoms in total. The van der Waals surface area contributed by atoms with Crippen LogP contribution in [0.25, 0.3) is 0 Å². The van der Waals surface area contributed by atoms with Crippen molar-refractivity contribution in [1.29, 1.82) is 0 Å². The maximum atomic E-state index is 12.8. The first kappa shape index (κ1) is 14.2. The lowest BCUT2D eigenvalue weighted by Gasteiger charge is -2.38. The van der Waals surface area contributed by atoms with Crippen molar-refractivity contribution in [3.63, 3.8) is 0 Å². The van der Waals surface area contributed by atoms with Gasteiger partial charge >= 0.3 is 0 Å². The Morgan fingerprint density at radius 1 is 1.24 bits per heavy atom. The molecule has 2 heterocycles. The van der Waals surface area contributed by atoms with E-state index in [0.717, 1.165) is 50.0 Å². The van der Waals surface area contributed by atoms with E-state index in [1.165, 1.54) is 0 Å². The van der Waals surface area contributed by atoms with Crippen LogP contribution in [0.4, 0.5) is 0 Å². The number of nitrogens with zero attached hydrogens (tertiary/aromatic N) is 1. The average Bonchev–Trinajstić information content (AvgIpc) is 2.55. The third-order valence-electron chi connectivity index (χ3n) is 4.43. The van der Waals surface area contributed by atoms with E-state index in [0.29, 0.717) is 17.5 Å². The minimum atomic E-state index is 0.117. The number of nitrogens with one attached hydrogen (secondary N) is 1. The van der Waals surface area contributed by atoms with E-state index in [9.17, 15) is 4.79 Å². The lowest BCUT2D eigenvalue weighted by molar-refractivity contribution is 0.0629. The predicted octanol–water partition coefficient (Wildman–Crippen LogP) is 1.45. The van der Waals surface area contributed by atoms with E-state index in [1.807, 2.05) is 17.0 Å². The van der Waals surface area contributed by atoms with Crippen molar-refractivity contribution in [1.82, 2.24) is 10.2 Å². The highest BCUT2D eigenvalue weighted by Gasteiger charge is 2.31. The van der Waals surface area contributed by atoms with E-state index in [-0.39, 0.29) is 5.91 Å². The molecule has 114 valence electrons. The lowest BCUT2D eigenvalue weighted by Crippen LogP contribution is -2.51. The van der Waals surface area contributed by atoms with Gasteiger partial charge in [0.15, 0.2) is 11.5 Å². The van der Waals surface area contributed by atoms with Crippen molar-refractivity contribution >= 4 is 5.91 Å². The zero-order valence-electron chi connectivity index (χ0n) is 12.6. The molecule has 0 radical (unpaired) electrons. The summed E-state index contributed by atoms with van der Waals surface area (Å²) in [5.74, 6) is 1.43. The molecule has 0 aliphatic carbocycles. The van der Waals surface area contributed by atoms with Gasteiger partial charge in [-0.1, -0.05) is 0 Å². The quantitative estimate of drug-likeness (QED) is 0.915. The van der Waals surface area contributed by atoms with Crippen LogP contribution in [-0.2, 0) is 6.42 Å². The molecule has 1 saturated heterocycles. The molecule has 1 amide bonds. The zero-order valence-corrected chi connectivity index (χ0v) is 12.6. The Hall–Kier alpha value is -1.75. The largest absolute Gasteiger partial charge is 0.493 e. The molecule has 0 aromatic heterocycles. The number of carbonyl (C=O) groups excluding carboxylic acids is 1. The molecule has 2 aliphatic rings.